The number of carbonyl (C=O) groups is 1. The summed E-state index contributed by atoms with van der Waals surface area (Å²) in [6, 6.07) is 6.82. The first-order chi connectivity index (χ1) is 8.40. The van der Waals surface area contributed by atoms with E-state index in [0.717, 1.165) is 5.56 Å². The second kappa shape index (κ2) is 6.31. The predicted octanol–water partition coefficient (Wildman–Crippen LogP) is 1.16. The maximum Gasteiger partial charge on any atom is 0.251 e. The van der Waals surface area contributed by atoms with E-state index in [-0.39, 0.29) is 17.1 Å². The molecule has 100 valence electrons. The van der Waals surface area contributed by atoms with Gasteiger partial charge in [0.25, 0.3) is 5.91 Å². The summed E-state index contributed by atoms with van der Waals surface area (Å²) in [5, 5.41) is 2.52. The standard InChI is InChI=1S/C11H15BrN2O3S/c1-13-11(15)10-5-3-9(4-6-10)7-14(2)18(16,17)8-12/h3-6H,7-8H2,1-2H3,(H,13,15). The minimum absolute atomic E-state index is 0.104. The normalized spacial score (nSPS) is 11.6. The molecule has 0 saturated heterocycles. The molecule has 0 spiro atoms. The van der Waals surface area contributed by atoms with E-state index in [1.807, 2.05) is 0 Å². The van der Waals surface area contributed by atoms with Crippen molar-refractivity contribution in [1.29, 1.82) is 0 Å². The van der Waals surface area contributed by atoms with Gasteiger partial charge >= 0.3 is 0 Å². The van der Waals surface area contributed by atoms with Crippen LogP contribution in [0.25, 0.3) is 0 Å². The summed E-state index contributed by atoms with van der Waals surface area (Å²) in [6.07, 6.45) is 0. The fourth-order valence-electron chi connectivity index (χ4n) is 1.34. The molecule has 1 N–H and O–H groups in total. The Labute approximate surface area is 115 Å². The van der Waals surface area contributed by atoms with Crippen molar-refractivity contribution in [3.05, 3.63) is 35.4 Å². The number of rotatable bonds is 5. The average molecular weight is 335 g/mol. The van der Waals surface area contributed by atoms with E-state index < -0.39 is 10.0 Å². The predicted molar refractivity (Wildman–Crippen MR) is 74.0 cm³/mol. The molecule has 0 radical (unpaired) electrons. The van der Waals surface area contributed by atoms with Gasteiger partial charge in [0, 0.05) is 26.2 Å². The Kier molecular flexibility index (Phi) is 5.30. The van der Waals surface area contributed by atoms with Crippen LogP contribution in [0.4, 0.5) is 0 Å². The minimum atomic E-state index is -3.26. The van der Waals surface area contributed by atoms with Crippen molar-refractivity contribution in [3.8, 4) is 0 Å². The summed E-state index contributed by atoms with van der Waals surface area (Å²) in [7, 11) is -0.178. The van der Waals surface area contributed by atoms with Gasteiger partial charge in [-0.3, -0.25) is 4.79 Å². The number of nitrogens with zero attached hydrogens (tertiary/aromatic N) is 1. The second-order valence-corrected chi connectivity index (χ2v) is 7.13. The van der Waals surface area contributed by atoms with Gasteiger partial charge in [-0.05, 0) is 17.7 Å². The molecule has 0 heterocycles. The number of amides is 1. The van der Waals surface area contributed by atoms with Crippen LogP contribution in [0.2, 0.25) is 0 Å². The highest BCUT2D eigenvalue weighted by Crippen LogP contribution is 2.10. The van der Waals surface area contributed by atoms with E-state index in [2.05, 4.69) is 21.2 Å². The first-order valence-corrected chi connectivity index (χ1v) is 7.94. The molecule has 1 rings (SSSR count). The molecule has 1 aromatic rings. The number of nitrogens with one attached hydrogen (secondary N) is 1. The largest absolute Gasteiger partial charge is 0.355 e. The summed E-state index contributed by atoms with van der Waals surface area (Å²) in [4.78, 5) is 11.3. The molecule has 0 unspecified atom stereocenters. The van der Waals surface area contributed by atoms with Crippen molar-refractivity contribution < 1.29 is 13.2 Å². The van der Waals surface area contributed by atoms with Gasteiger partial charge in [0.15, 0.2) is 0 Å². The third-order valence-corrected chi connectivity index (χ3v) is 5.55. The van der Waals surface area contributed by atoms with Crippen LogP contribution in [0.15, 0.2) is 24.3 Å². The van der Waals surface area contributed by atoms with Crippen LogP contribution in [0, 0.1) is 0 Å². The third kappa shape index (κ3) is 3.79. The molecule has 0 aliphatic heterocycles. The first-order valence-electron chi connectivity index (χ1n) is 5.21. The lowest BCUT2D eigenvalue weighted by Gasteiger charge is -2.15. The Hall–Kier alpha value is -0.920. The van der Waals surface area contributed by atoms with Crippen molar-refractivity contribution in [2.45, 2.75) is 6.54 Å². The second-order valence-electron chi connectivity index (χ2n) is 3.75. The Balaban J connectivity index is 2.79. The molecule has 7 heteroatoms. The molecule has 0 bridgehead atoms. The van der Waals surface area contributed by atoms with Crippen LogP contribution >= 0.6 is 15.9 Å². The minimum Gasteiger partial charge on any atom is -0.355 e. The lowest BCUT2D eigenvalue weighted by molar-refractivity contribution is 0.0963. The Morgan fingerprint density at radius 1 is 1.33 bits per heavy atom. The first kappa shape index (κ1) is 15.1. The number of halogens is 1. The molecular formula is C11H15BrN2O3S. The smallest absolute Gasteiger partial charge is 0.251 e. The van der Waals surface area contributed by atoms with Crippen LogP contribution in [-0.2, 0) is 16.6 Å². The Bertz CT molecular complexity index is 514. The number of benzene rings is 1. The van der Waals surface area contributed by atoms with E-state index in [0.29, 0.717) is 5.56 Å². The number of sulfonamides is 1. The molecule has 0 aromatic heterocycles. The van der Waals surface area contributed by atoms with Gasteiger partial charge in [0.05, 0.1) is 0 Å². The molecule has 0 fully saturated rings. The van der Waals surface area contributed by atoms with Crippen LogP contribution in [0.5, 0.6) is 0 Å². The van der Waals surface area contributed by atoms with Gasteiger partial charge in [0.1, 0.15) is 4.66 Å². The lowest BCUT2D eigenvalue weighted by Crippen LogP contribution is -2.27. The van der Waals surface area contributed by atoms with Gasteiger partial charge in [-0.25, -0.2) is 8.42 Å². The summed E-state index contributed by atoms with van der Waals surface area (Å²) in [6.45, 7) is 0.280. The van der Waals surface area contributed by atoms with E-state index >= 15 is 0 Å². The number of carbonyl (C=O) groups excluding carboxylic acids is 1. The molecule has 0 atom stereocenters. The molecule has 5 nitrogen and oxygen atoms in total. The van der Waals surface area contributed by atoms with E-state index in [1.165, 1.54) is 11.4 Å². The summed E-state index contributed by atoms with van der Waals surface area (Å²) in [5.41, 5.74) is 1.38. The zero-order valence-corrected chi connectivity index (χ0v) is 12.6. The summed E-state index contributed by atoms with van der Waals surface area (Å²) >= 11 is 2.94. The lowest BCUT2D eigenvalue weighted by atomic mass is 10.1. The van der Waals surface area contributed by atoms with Crippen molar-refractivity contribution in [2.75, 3.05) is 18.8 Å². The molecule has 0 saturated carbocycles. The van der Waals surface area contributed by atoms with Crippen molar-refractivity contribution in [1.82, 2.24) is 9.62 Å². The van der Waals surface area contributed by atoms with Crippen LogP contribution in [-0.4, -0.2) is 37.4 Å². The highest BCUT2D eigenvalue weighted by Gasteiger charge is 2.16. The fraction of sp³-hybridized carbons (Fsp3) is 0.364. The SMILES string of the molecule is CNC(=O)c1ccc(CN(C)S(=O)(=O)CBr)cc1. The van der Waals surface area contributed by atoms with E-state index in [9.17, 15) is 13.2 Å². The fourth-order valence-corrected chi connectivity index (χ4v) is 2.91. The maximum atomic E-state index is 11.5. The highest BCUT2D eigenvalue weighted by atomic mass is 79.9. The zero-order valence-electron chi connectivity index (χ0n) is 10.2. The van der Waals surface area contributed by atoms with Crippen molar-refractivity contribution >= 4 is 31.9 Å². The van der Waals surface area contributed by atoms with Gasteiger partial charge in [0.2, 0.25) is 10.0 Å². The molecule has 0 aliphatic rings. The quantitative estimate of drug-likeness (QED) is 0.821. The van der Waals surface area contributed by atoms with Crippen LogP contribution < -0.4 is 5.32 Å². The van der Waals surface area contributed by atoms with Crippen molar-refractivity contribution in [2.24, 2.45) is 0 Å². The van der Waals surface area contributed by atoms with E-state index in [4.69, 9.17) is 0 Å². The van der Waals surface area contributed by atoms with Gasteiger partial charge in [-0.15, -0.1) is 0 Å². The summed E-state index contributed by atoms with van der Waals surface area (Å²) < 4.78 is 24.2. The number of hydrogen-bond donors (Lipinski definition) is 1. The van der Waals surface area contributed by atoms with Crippen LogP contribution in [0.1, 0.15) is 15.9 Å². The third-order valence-electron chi connectivity index (χ3n) is 2.46. The average Bonchev–Trinajstić information content (AvgIpc) is 2.38. The van der Waals surface area contributed by atoms with Gasteiger partial charge < -0.3 is 5.32 Å². The van der Waals surface area contributed by atoms with Gasteiger partial charge in [-0.2, -0.15) is 4.31 Å². The molecule has 1 amide bonds. The molecule has 1 aromatic carbocycles. The van der Waals surface area contributed by atoms with Gasteiger partial charge in [-0.1, -0.05) is 28.1 Å². The van der Waals surface area contributed by atoms with E-state index in [1.54, 1.807) is 31.3 Å². The molecular weight excluding hydrogens is 320 g/mol. The molecule has 0 aliphatic carbocycles. The van der Waals surface area contributed by atoms with Crippen LogP contribution in [0.3, 0.4) is 0 Å². The topological polar surface area (TPSA) is 66.5 Å². The number of alkyl halides is 1. The number of hydrogen-bond acceptors (Lipinski definition) is 3. The monoisotopic (exact) mass is 334 g/mol. The highest BCUT2D eigenvalue weighted by molar-refractivity contribution is 9.10. The maximum absolute atomic E-state index is 11.5. The Morgan fingerprint density at radius 2 is 1.89 bits per heavy atom. The molecule has 18 heavy (non-hydrogen) atoms. The van der Waals surface area contributed by atoms with Crippen molar-refractivity contribution in [3.63, 3.8) is 0 Å². The Morgan fingerprint density at radius 3 is 2.33 bits per heavy atom. The zero-order chi connectivity index (χ0) is 13.8. The summed E-state index contributed by atoms with van der Waals surface area (Å²) in [5.74, 6) is -0.164.